The van der Waals surface area contributed by atoms with E-state index in [0.29, 0.717) is 0 Å². The molecule has 36 heavy (non-hydrogen) atoms. The summed E-state index contributed by atoms with van der Waals surface area (Å²) >= 11 is 0. The lowest BCUT2D eigenvalue weighted by molar-refractivity contribution is 0.302. The summed E-state index contributed by atoms with van der Waals surface area (Å²) in [5.74, 6) is 1.78. The molecule has 0 unspecified atom stereocenters. The molecule has 0 amide bonds. The Morgan fingerprint density at radius 1 is 0.500 bits per heavy atom. The molecule has 1 fully saturated rings. The fourth-order valence-corrected chi connectivity index (χ4v) is 6.27. The van der Waals surface area contributed by atoms with Crippen LogP contribution in [0.4, 0.5) is 0 Å². The lowest BCUT2D eigenvalue weighted by Crippen LogP contribution is -2.13. The van der Waals surface area contributed by atoms with E-state index in [2.05, 4.69) is 62.4 Å². The summed E-state index contributed by atoms with van der Waals surface area (Å²) in [6.07, 6.45) is 28.2. The average Bonchev–Trinajstić information content (AvgIpc) is 2.93. The Bertz CT molecular complexity index is 776. The molecule has 1 aliphatic carbocycles. The smallest absolute Gasteiger partial charge is 0.0162 e. The van der Waals surface area contributed by atoms with Gasteiger partial charge < -0.3 is 0 Å². The lowest BCUT2D eigenvalue weighted by Gasteiger charge is -2.29. The second-order valence-electron chi connectivity index (χ2n) is 11.8. The molecule has 2 aromatic rings. The van der Waals surface area contributed by atoms with Crippen molar-refractivity contribution in [2.24, 2.45) is 5.92 Å². The van der Waals surface area contributed by atoms with Crippen LogP contribution in [0.25, 0.3) is 11.1 Å². The van der Waals surface area contributed by atoms with Crippen molar-refractivity contribution < 1.29 is 0 Å². The number of rotatable bonds is 18. The van der Waals surface area contributed by atoms with Crippen LogP contribution in [-0.2, 0) is 6.42 Å². The standard InChI is InChI=1S/C36H56/c1-3-5-7-9-10-11-12-13-14-16-18-32-21-25-34(26-22-32)36-29-27-35(28-30-36)33-23-19-31(20-24-33)17-15-8-6-4-2/h21-22,25-31,33H,3-20,23-24H2,1-2H3. The van der Waals surface area contributed by atoms with Gasteiger partial charge in [0.05, 0.1) is 0 Å². The predicted molar refractivity (Wildman–Crippen MR) is 161 cm³/mol. The Morgan fingerprint density at radius 2 is 0.972 bits per heavy atom. The number of unbranched alkanes of at least 4 members (excludes halogenated alkanes) is 12. The van der Waals surface area contributed by atoms with E-state index in [0.717, 1.165) is 11.8 Å². The molecule has 1 saturated carbocycles. The first-order valence-electron chi connectivity index (χ1n) is 16.0. The molecule has 0 radical (unpaired) electrons. The van der Waals surface area contributed by atoms with Crippen molar-refractivity contribution in [2.75, 3.05) is 0 Å². The third-order valence-electron chi connectivity index (χ3n) is 8.80. The third kappa shape index (κ3) is 10.8. The van der Waals surface area contributed by atoms with Gasteiger partial charge in [-0.3, -0.25) is 0 Å². The van der Waals surface area contributed by atoms with Crippen molar-refractivity contribution in [3.05, 3.63) is 59.7 Å². The van der Waals surface area contributed by atoms with E-state index < -0.39 is 0 Å². The van der Waals surface area contributed by atoms with Crippen molar-refractivity contribution in [1.82, 2.24) is 0 Å². The molecule has 200 valence electrons. The van der Waals surface area contributed by atoms with Gasteiger partial charge in [0.1, 0.15) is 0 Å². The van der Waals surface area contributed by atoms with Crippen LogP contribution < -0.4 is 0 Å². The molecule has 0 heterocycles. The first-order valence-corrected chi connectivity index (χ1v) is 16.0. The summed E-state index contributed by atoms with van der Waals surface area (Å²) < 4.78 is 0. The lowest BCUT2D eigenvalue weighted by atomic mass is 9.77. The highest BCUT2D eigenvalue weighted by Crippen LogP contribution is 2.38. The van der Waals surface area contributed by atoms with Crippen molar-refractivity contribution in [3.63, 3.8) is 0 Å². The number of hydrogen-bond donors (Lipinski definition) is 0. The van der Waals surface area contributed by atoms with Crippen LogP contribution in [0.2, 0.25) is 0 Å². The average molecular weight is 489 g/mol. The summed E-state index contributed by atoms with van der Waals surface area (Å²) in [6, 6.07) is 19.0. The maximum absolute atomic E-state index is 2.42. The minimum Gasteiger partial charge on any atom is -0.0654 e. The van der Waals surface area contributed by atoms with Crippen molar-refractivity contribution in [3.8, 4) is 11.1 Å². The molecule has 0 aliphatic heterocycles. The molecule has 0 heteroatoms. The molecular weight excluding hydrogens is 432 g/mol. The predicted octanol–water partition coefficient (Wildman–Crippen LogP) is 12.1. The van der Waals surface area contributed by atoms with Gasteiger partial charge in [-0.15, -0.1) is 0 Å². The molecule has 2 aromatic carbocycles. The minimum absolute atomic E-state index is 0.786. The number of hydrogen-bond acceptors (Lipinski definition) is 0. The van der Waals surface area contributed by atoms with Crippen LogP contribution in [0, 0.1) is 5.92 Å². The zero-order valence-corrected chi connectivity index (χ0v) is 23.9. The minimum atomic E-state index is 0.786. The van der Waals surface area contributed by atoms with E-state index in [-0.39, 0.29) is 0 Å². The largest absolute Gasteiger partial charge is 0.0654 e. The van der Waals surface area contributed by atoms with Crippen molar-refractivity contribution >= 4 is 0 Å². The molecule has 1 aliphatic rings. The second-order valence-corrected chi connectivity index (χ2v) is 11.8. The summed E-state index contributed by atoms with van der Waals surface area (Å²) in [6.45, 7) is 4.61. The van der Waals surface area contributed by atoms with Gasteiger partial charge in [0.2, 0.25) is 0 Å². The molecule has 0 bridgehead atoms. The van der Waals surface area contributed by atoms with Gasteiger partial charge >= 0.3 is 0 Å². The van der Waals surface area contributed by atoms with Gasteiger partial charge in [0.25, 0.3) is 0 Å². The molecular formula is C36H56. The molecule has 0 spiro atoms. The van der Waals surface area contributed by atoms with Crippen molar-refractivity contribution in [2.45, 2.75) is 148 Å². The Labute approximate surface area is 224 Å². The van der Waals surface area contributed by atoms with Crippen LogP contribution in [0.15, 0.2) is 48.5 Å². The molecule has 3 rings (SSSR count). The van der Waals surface area contributed by atoms with E-state index in [1.807, 2.05) is 0 Å². The van der Waals surface area contributed by atoms with Crippen LogP contribution in [0.5, 0.6) is 0 Å². The van der Waals surface area contributed by atoms with Gasteiger partial charge in [0.15, 0.2) is 0 Å². The fraction of sp³-hybridized carbons (Fsp3) is 0.667. The Morgan fingerprint density at radius 3 is 1.53 bits per heavy atom. The first-order chi connectivity index (χ1) is 17.8. The van der Waals surface area contributed by atoms with Crippen LogP contribution in [-0.4, -0.2) is 0 Å². The second kappa shape index (κ2) is 17.8. The summed E-state index contributed by atoms with van der Waals surface area (Å²) in [4.78, 5) is 0. The van der Waals surface area contributed by atoms with E-state index in [1.165, 1.54) is 145 Å². The quantitative estimate of drug-likeness (QED) is 0.183. The summed E-state index contributed by atoms with van der Waals surface area (Å²) in [5.41, 5.74) is 5.81. The Balaban J connectivity index is 1.32. The van der Waals surface area contributed by atoms with Crippen LogP contribution in [0.1, 0.15) is 153 Å². The molecule has 0 atom stereocenters. The zero-order chi connectivity index (χ0) is 25.3. The highest BCUT2D eigenvalue weighted by Gasteiger charge is 2.22. The van der Waals surface area contributed by atoms with Crippen LogP contribution >= 0.6 is 0 Å². The van der Waals surface area contributed by atoms with E-state index in [1.54, 1.807) is 5.56 Å². The van der Waals surface area contributed by atoms with E-state index >= 15 is 0 Å². The zero-order valence-electron chi connectivity index (χ0n) is 23.9. The third-order valence-corrected chi connectivity index (χ3v) is 8.80. The van der Waals surface area contributed by atoms with Gasteiger partial charge in [0, 0.05) is 0 Å². The van der Waals surface area contributed by atoms with Gasteiger partial charge in [-0.25, -0.2) is 0 Å². The monoisotopic (exact) mass is 488 g/mol. The molecule has 0 saturated heterocycles. The normalized spacial score (nSPS) is 17.9. The van der Waals surface area contributed by atoms with E-state index in [4.69, 9.17) is 0 Å². The maximum atomic E-state index is 2.42. The molecule has 0 nitrogen and oxygen atoms in total. The number of benzene rings is 2. The van der Waals surface area contributed by atoms with Crippen molar-refractivity contribution in [1.29, 1.82) is 0 Å². The highest BCUT2D eigenvalue weighted by atomic mass is 14.3. The SMILES string of the molecule is CCCCCCCCCCCCc1ccc(-c2ccc(C3CCC(CCCCCC)CC3)cc2)cc1. The van der Waals surface area contributed by atoms with Gasteiger partial charge in [-0.2, -0.15) is 0 Å². The molecule has 0 N–H and O–H groups in total. The van der Waals surface area contributed by atoms with E-state index in [9.17, 15) is 0 Å². The van der Waals surface area contributed by atoms with Crippen LogP contribution in [0.3, 0.4) is 0 Å². The fourth-order valence-electron chi connectivity index (χ4n) is 6.27. The Kier molecular flexibility index (Phi) is 14.4. The molecule has 0 aromatic heterocycles. The summed E-state index contributed by atoms with van der Waals surface area (Å²) in [5, 5.41) is 0. The first kappa shape index (κ1) is 29.0. The number of aryl methyl sites for hydroxylation is 1. The summed E-state index contributed by atoms with van der Waals surface area (Å²) in [7, 11) is 0. The topological polar surface area (TPSA) is 0 Å². The van der Waals surface area contributed by atoms with Gasteiger partial charge in [-0.1, -0.05) is 152 Å². The maximum Gasteiger partial charge on any atom is -0.0162 e. The Hall–Kier alpha value is -1.56. The highest BCUT2D eigenvalue weighted by molar-refractivity contribution is 5.64. The van der Waals surface area contributed by atoms with Gasteiger partial charge in [-0.05, 0) is 72.6 Å².